The van der Waals surface area contributed by atoms with Crippen molar-refractivity contribution in [3.05, 3.63) is 30.3 Å². The molecular weight excluding hydrogens is 158 g/mol. The molecule has 1 aromatic rings. The highest BCUT2D eigenvalue weighted by atomic mass is 32.1. The van der Waals surface area contributed by atoms with Crippen molar-refractivity contribution in [2.24, 2.45) is 0 Å². The van der Waals surface area contributed by atoms with Gasteiger partial charge in [0.05, 0.1) is 0 Å². The van der Waals surface area contributed by atoms with Crippen molar-refractivity contribution in [3.8, 4) is 0 Å². The Bertz CT molecular complexity index is 248. The van der Waals surface area contributed by atoms with Gasteiger partial charge < -0.3 is 4.90 Å². The van der Waals surface area contributed by atoms with Crippen LogP contribution in [0.4, 0.5) is 10.5 Å². The first-order valence-electron chi connectivity index (χ1n) is 3.23. The summed E-state index contributed by atoms with van der Waals surface area (Å²) in [5.74, 6) is 0. The molecule has 0 spiro atoms. The van der Waals surface area contributed by atoms with Crippen molar-refractivity contribution in [2.75, 3.05) is 11.9 Å². The van der Waals surface area contributed by atoms with Crippen LogP contribution in [-0.2, 0) is 0 Å². The van der Waals surface area contributed by atoms with E-state index in [0.29, 0.717) is 0 Å². The lowest BCUT2D eigenvalue weighted by atomic mass is 10.3. The topological polar surface area (TPSA) is 20.3 Å². The van der Waals surface area contributed by atoms with Crippen LogP contribution >= 0.6 is 12.6 Å². The molecule has 1 amide bonds. The maximum Gasteiger partial charge on any atom is 0.282 e. The zero-order chi connectivity index (χ0) is 8.27. The van der Waals surface area contributed by atoms with E-state index in [1.165, 1.54) is 4.90 Å². The number of nitrogens with zero attached hydrogens (tertiary/aromatic N) is 1. The van der Waals surface area contributed by atoms with Gasteiger partial charge in [0.15, 0.2) is 0 Å². The molecular formula is C8H9NOS. The minimum Gasteiger partial charge on any atom is -0.307 e. The second-order valence-electron chi connectivity index (χ2n) is 2.18. The van der Waals surface area contributed by atoms with Crippen LogP contribution in [0.5, 0.6) is 0 Å². The van der Waals surface area contributed by atoms with Crippen LogP contribution in [0.1, 0.15) is 0 Å². The molecule has 0 atom stereocenters. The van der Waals surface area contributed by atoms with E-state index in [9.17, 15) is 4.79 Å². The lowest BCUT2D eigenvalue weighted by molar-refractivity contribution is 0.266. The zero-order valence-electron chi connectivity index (χ0n) is 6.19. The third-order valence-corrected chi connectivity index (χ3v) is 1.73. The fourth-order valence-electron chi connectivity index (χ4n) is 0.762. The number of anilines is 1. The molecule has 0 fully saturated rings. The standard InChI is InChI=1S/C8H9NOS/c1-9(8(10)11)7-5-3-2-4-6-7/h2-6H,1H3,(H,10,11). The molecule has 11 heavy (non-hydrogen) atoms. The molecule has 0 heterocycles. The van der Waals surface area contributed by atoms with Crippen LogP contribution in [0.2, 0.25) is 0 Å². The minimum absolute atomic E-state index is 0.254. The molecule has 1 rings (SSSR count). The summed E-state index contributed by atoms with van der Waals surface area (Å²) in [5, 5.41) is -0.254. The van der Waals surface area contributed by atoms with Gasteiger partial charge in [0.1, 0.15) is 0 Å². The van der Waals surface area contributed by atoms with Crippen LogP contribution in [0.25, 0.3) is 0 Å². The van der Waals surface area contributed by atoms with Gasteiger partial charge in [0.2, 0.25) is 0 Å². The molecule has 0 N–H and O–H groups in total. The number of amides is 1. The molecule has 0 aliphatic heterocycles. The summed E-state index contributed by atoms with van der Waals surface area (Å²) >= 11 is 3.69. The second kappa shape index (κ2) is 3.44. The van der Waals surface area contributed by atoms with E-state index in [1.807, 2.05) is 30.3 Å². The predicted molar refractivity (Wildman–Crippen MR) is 49.2 cm³/mol. The molecule has 0 saturated carbocycles. The highest BCUT2D eigenvalue weighted by Crippen LogP contribution is 2.11. The summed E-state index contributed by atoms with van der Waals surface area (Å²) in [4.78, 5) is 12.2. The van der Waals surface area contributed by atoms with E-state index in [-0.39, 0.29) is 5.24 Å². The second-order valence-corrected chi connectivity index (χ2v) is 2.56. The van der Waals surface area contributed by atoms with E-state index in [4.69, 9.17) is 0 Å². The largest absolute Gasteiger partial charge is 0.307 e. The number of hydrogen-bond acceptors (Lipinski definition) is 1. The van der Waals surface area contributed by atoms with Crippen molar-refractivity contribution in [2.45, 2.75) is 0 Å². The van der Waals surface area contributed by atoms with Crippen molar-refractivity contribution >= 4 is 23.6 Å². The molecule has 0 unspecified atom stereocenters. The SMILES string of the molecule is CN(C(=O)S)c1ccccc1. The minimum atomic E-state index is -0.254. The number of carbonyl (C=O) groups excluding carboxylic acids is 1. The summed E-state index contributed by atoms with van der Waals surface area (Å²) in [6, 6.07) is 9.37. The number of thiol groups is 1. The average Bonchev–Trinajstić information content (AvgIpc) is 2.05. The van der Waals surface area contributed by atoms with Crippen LogP contribution in [0.15, 0.2) is 30.3 Å². The van der Waals surface area contributed by atoms with Gasteiger partial charge in [-0.2, -0.15) is 0 Å². The van der Waals surface area contributed by atoms with Crippen LogP contribution in [-0.4, -0.2) is 12.3 Å². The molecule has 1 aromatic carbocycles. The van der Waals surface area contributed by atoms with E-state index in [1.54, 1.807) is 7.05 Å². The highest BCUT2D eigenvalue weighted by molar-refractivity contribution is 7.96. The monoisotopic (exact) mass is 167 g/mol. The van der Waals surface area contributed by atoms with Crippen molar-refractivity contribution < 1.29 is 4.79 Å². The molecule has 3 heteroatoms. The van der Waals surface area contributed by atoms with Gasteiger partial charge in [-0.25, -0.2) is 0 Å². The Morgan fingerprint density at radius 3 is 2.36 bits per heavy atom. The fourth-order valence-corrected chi connectivity index (χ4v) is 0.878. The maximum absolute atomic E-state index is 10.7. The average molecular weight is 167 g/mol. The van der Waals surface area contributed by atoms with Crippen molar-refractivity contribution in [3.63, 3.8) is 0 Å². The van der Waals surface area contributed by atoms with E-state index in [2.05, 4.69) is 12.6 Å². The van der Waals surface area contributed by atoms with Crippen molar-refractivity contribution in [1.29, 1.82) is 0 Å². The quantitative estimate of drug-likeness (QED) is 0.635. The Hall–Kier alpha value is -0.960. The number of para-hydroxylation sites is 1. The summed E-state index contributed by atoms with van der Waals surface area (Å²) in [6.07, 6.45) is 0. The molecule has 0 aromatic heterocycles. The third kappa shape index (κ3) is 1.98. The summed E-state index contributed by atoms with van der Waals surface area (Å²) < 4.78 is 0. The first-order chi connectivity index (χ1) is 5.22. The number of benzene rings is 1. The number of hydrogen-bond donors (Lipinski definition) is 1. The van der Waals surface area contributed by atoms with Crippen LogP contribution in [0, 0.1) is 0 Å². The Balaban J connectivity index is 2.85. The molecule has 0 aliphatic carbocycles. The van der Waals surface area contributed by atoms with Crippen molar-refractivity contribution in [1.82, 2.24) is 0 Å². The summed E-state index contributed by atoms with van der Waals surface area (Å²) in [5.41, 5.74) is 0.854. The zero-order valence-corrected chi connectivity index (χ0v) is 7.08. The molecule has 0 saturated heterocycles. The Labute approximate surface area is 71.2 Å². The van der Waals surface area contributed by atoms with Gasteiger partial charge in [0, 0.05) is 12.7 Å². The van der Waals surface area contributed by atoms with E-state index >= 15 is 0 Å². The van der Waals surface area contributed by atoms with Gasteiger partial charge in [-0.3, -0.25) is 4.79 Å². The fraction of sp³-hybridized carbons (Fsp3) is 0.125. The number of carbonyl (C=O) groups is 1. The normalized spacial score (nSPS) is 9.27. The predicted octanol–water partition coefficient (Wildman–Crippen LogP) is 2.17. The molecule has 58 valence electrons. The smallest absolute Gasteiger partial charge is 0.282 e. The van der Waals surface area contributed by atoms with Gasteiger partial charge in [-0.05, 0) is 12.1 Å². The number of rotatable bonds is 1. The van der Waals surface area contributed by atoms with Crippen LogP contribution < -0.4 is 4.90 Å². The van der Waals surface area contributed by atoms with Gasteiger partial charge >= 0.3 is 0 Å². The Morgan fingerprint density at radius 2 is 1.91 bits per heavy atom. The molecule has 0 aliphatic rings. The van der Waals surface area contributed by atoms with Gasteiger partial charge in [-0.1, -0.05) is 30.8 Å². The molecule has 2 nitrogen and oxygen atoms in total. The third-order valence-electron chi connectivity index (χ3n) is 1.43. The first-order valence-corrected chi connectivity index (χ1v) is 3.68. The van der Waals surface area contributed by atoms with Gasteiger partial charge in [-0.15, -0.1) is 0 Å². The highest BCUT2D eigenvalue weighted by Gasteiger charge is 2.03. The lowest BCUT2D eigenvalue weighted by Crippen LogP contribution is -2.19. The first kappa shape index (κ1) is 8.14. The van der Waals surface area contributed by atoms with E-state index < -0.39 is 0 Å². The summed E-state index contributed by atoms with van der Waals surface area (Å²) in [7, 11) is 1.69. The summed E-state index contributed by atoms with van der Waals surface area (Å²) in [6.45, 7) is 0. The Kier molecular flexibility index (Phi) is 2.54. The van der Waals surface area contributed by atoms with Crippen LogP contribution in [0.3, 0.4) is 0 Å². The maximum atomic E-state index is 10.7. The lowest BCUT2D eigenvalue weighted by Gasteiger charge is -2.12. The Morgan fingerprint density at radius 1 is 1.36 bits per heavy atom. The van der Waals surface area contributed by atoms with E-state index in [0.717, 1.165) is 5.69 Å². The molecule has 0 bridgehead atoms. The van der Waals surface area contributed by atoms with Gasteiger partial charge in [0.25, 0.3) is 5.24 Å². The molecule has 0 radical (unpaired) electrons.